The van der Waals surface area contributed by atoms with Gasteiger partial charge in [-0.15, -0.1) is 0 Å². The highest BCUT2D eigenvalue weighted by Crippen LogP contribution is 2.33. The number of anilines is 3. The zero-order valence-electron chi connectivity index (χ0n) is 24.1. The molecule has 0 saturated carbocycles. The van der Waals surface area contributed by atoms with E-state index in [1.54, 1.807) is 25.3 Å². The maximum Gasteiger partial charge on any atom is 0.338 e. The van der Waals surface area contributed by atoms with Gasteiger partial charge in [0.15, 0.2) is 11.3 Å². The lowest BCUT2D eigenvalue weighted by Gasteiger charge is -2.33. The van der Waals surface area contributed by atoms with Crippen molar-refractivity contribution < 1.29 is 27.8 Å². The molecule has 0 radical (unpaired) electrons. The highest BCUT2D eigenvalue weighted by Gasteiger charge is 2.39. The summed E-state index contributed by atoms with van der Waals surface area (Å²) in [6, 6.07) is 9.22. The molecule has 7 rings (SSSR count). The molecule has 3 fully saturated rings. The van der Waals surface area contributed by atoms with Crippen LogP contribution >= 0.6 is 0 Å². The molecule has 3 aliphatic rings. The fraction of sp³-hybridized carbons (Fsp3) is 0.433. The van der Waals surface area contributed by atoms with Gasteiger partial charge in [0.05, 0.1) is 48.8 Å². The normalized spacial score (nSPS) is 20.2. The summed E-state index contributed by atoms with van der Waals surface area (Å²) in [5.74, 6) is -0.218. The van der Waals surface area contributed by atoms with Gasteiger partial charge >= 0.3 is 5.97 Å². The summed E-state index contributed by atoms with van der Waals surface area (Å²) >= 11 is 0. The van der Waals surface area contributed by atoms with Crippen molar-refractivity contribution in [1.82, 2.24) is 24.4 Å². The van der Waals surface area contributed by atoms with Gasteiger partial charge in [-0.25, -0.2) is 23.1 Å². The second-order valence-electron chi connectivity index (χ2n) is 11.3. The van der Waals surface area contributed by atoms with Crippen molar-refractivity contribution in [1.29, 1.82) is 0 Å². The quantitative estimate of drug-likeness (QED) is 0.296. The van der Waals surface area contributed by atoms with Crippen molar-refractivity contribution in [3.8, 4) is 0 Å². The standard InChI is InChI=1S/C30H32F2N8O4/c1-2-43-30(42)18-3-5-19(6-4-18)37-10-7-20(8-11-37)40-16-24(26(36-40)27(31)32)34-29(41)23-14-33-39-12-9-25(35-28(23)39)38-15-22-13-21(38)17-44-22/h3-6,9,12,14,16,20-22,27H,2,7-8,10-11,13,15,17H2,1H3,(H,34,41)/t21-,22-/m1/s1. The molecule has 6 heterocycles. The van der Waals surface area contributed by atoms with Crippen molar-refractivity contribution in [2.45, 2.75) is 50.8 Å². The van der Waals surface area contributed by atoms with Crippen LogP contribution < -0.4 is 15.1 Å². The maximum atomic E-state index is 14.1. The number of amides is 1. The number of nitrogens with zero attached hydrogens (tertiary/aromatic N) is 7. The van der Waals surface area contributed by atoms with E-state index in [2.05, 4.69) is 25.3 Å². The Kier molecular flexibility index (Phi) is 7.36. The van der Waals surface area contributed by atoms with Crippen LogP contribution in [0.5, 0.6) is 0 Å². The summed E-state index contributed by atoms with van der Waals surface area (Å²) < 4.78 is 41.9. The van der Waals surface area contributed by atoms with Crippen LogP contribution in [0.25, 0.3) is 5.65 Å². The van der Waals surface area contributed by atoms with Crippen LogP contribution in [0, 0.1) is 0 Å². The number of benzene rings is 1. The van der Waals surface area contributed by atoms with Gasteiger partial charge in [0, 0.05) is 37.7 Å². The molecule has 0 unspecified atom stereocenters. The minimum Gasteiger partial charge on any atom is -0.462 e. The van der Waals surface area contributed by atoms with Crippen LogP contribution in [-0.2, 0) is 9.47 Å². The molecule has 3 aliphatic heterocycles. The third-order valence-corrected chi connectivity index (χ3v) is 8.59. The first-order valence-electron chi connectivity index (χ1n) is 14.8. The van der Waals surface area contributed by atoms with Crippen molar-refractivity contribution >= 4 is 34.7 Å². The average Bonchev–Trinajstić information content (AvgIpc) is 3.85. The molecule has 0 aliphatic carbocycles. The highest BCUT2D eigenvalue weighted by molar-refractivity contribution is 6.08. The van der Waals surface area contributed by atoms with Crippen LogP contribution in [0.2, 0.25) is 0 Å². The fourth-order valence-corrected chi connectivity index (χ4v) is 6.31. The summed E-state index contributed by atoms with van der Waals surface area (Å²) in [7, 11) is 0. The molecule has 1 aromatic carbocycles. The van der Waals surface area contributed by atoms with E-state index in [0.29, 0.717) is 50.4 Å². The number of ether oxygens (including phenoxy) is 2. The Bertz CT molecular complexity index is 1680. The van der Waals surface area contributed by atoms with Crippen LogP contribution in [-0.4, -0.2) is 81.2 Å². The Morgan fingerprint density at radius 2 is 1.93 bits per heavy atom. The maximum absolute atomic E-state index is 14.1. The Hall–Kier alpha value is -4.59. The Balaban J connectivity index is 1.04. The van der Waals surface area contributed by atoms with Crippen molar-refractivity contribution in [2.24, 2.45) is 0 Å². The number of hydrogen-bond acceptors (Lipinski definition) is 9. The third kappa shape index (κ3) is 5.23. The van der Waals surface area contributed by atoms with Crippen LogP contribution in [0.1, 0.15) is 65.1 Å². The van der Waals surface area contributed by atoms with Gasteiger partial charge in [-0.3, -0.25) is 9.48 Å². The number of esters is 1. The van der Waals surface area contributed by atoms with E-state index in [0.717, 1.165) is 24.5 Å². The van der Waals surface area contributed by atoms with E-state index in [4.69, 9.17) is 14.5 Å². The minimum absolute atomic E-state index is 0.0357. The molecule has 1 N–H and O–H groups in total. The SMILES string of the molecule is CCOC(=O)c1ccc(N2CCC(n3cc(NC(=O)c4cnn5ccc(N6C[C@H]7C[C@@H]6CO7)nc45)c(C(F)F)n3)CC2)cc1. The molecule has 1 amide bonds. The number of piperidine rings is 1. The van der Waals surface area contributed by atoms with E-state index < -0.39 is 18.0 Å². The molecule has 3 saturated heterocycles. The first-order valence-corrected chi connectivity index (χ1v) is 14.8. The zero-order valence-corrected chi connectivity index (χ0v) is 24.1. The number of alkyl halides is 2. The monoisotopic (exact) mass is 606 g/mol. The largest absolute Gasteiger partial charge is 0.462 e. The summed E-state index contributed by atoms with van der Waals surface area (Å²) in [5.41, 5.74) is 1.47. The third-order valence-electron chi connectivity index (χ3n) is 8.59. The smallest absolute Gasteiger partial charge is 0.338 e. The summed E-state index contributed by atoms with van der Waals surface area (Å²) in [4.78, 5) is 34.4. The van der Waals surface area contributed by atoms with Gasteiger partial charge in [-0.2, -0.15) is 10.2 Å². The number of halogens is 2. The Morgan fingerprint density at radius 3 is 2.61 bits per heavy atom. The molecule has 12 nitrogen and oxygen atoms in total. The molecule has 230 valence electrons. The van der Waals surface area contributed by atoms with E-state index in [1.807, 2.05) is 18.2 Å². The molecule has 4 aromatic rings. The summed E-state index contributed by atoms with van der Waals surface area (Å²) in [5, 5.41) is 11.1. The molecule has 3 aromatic heterocycles. The number of carbonyl (C=O) groups is 2. The number of hydrogen-bond donors (Lipinski definition) is 1. The molecule has 44 heavy (non-hydrogen) atoms. The second kappa shape index (κ2) is 11.5. The molecule has 14 heteroatoms. The van der Waals surface area contributed by atoms with Gasteiger partial charge in [-0.05, 0) is 56.5 Å². The van der Waals surface area contributed by atoms with Gasteiger partial charge in [0.2, 0.25) is 0 Å². The molecule has 2 atom stereocenters. The summed E-state index contributed by atoms with van der Waals surface area (Å²) in [6.45, 7) is 4.82. The number of carbonyl (C=O) groups excluding carboxylic acids is 2. The lowest BCUT2D eigenvalue weighted by Crippen LogP contribution is -2.37. The number of nitrogens with one attached hydrogen (secondary N) is 1. The van der Waals surface area contributed by atoms with Gasteiger partial charge < -0.3 is 24.6 Å². The Labute approximate surface area is 251 Å². The van der Waals surface area contributed by atoms with Gasteiger partial charge in [0.25, 0.3) is 12.3 Å². The van der Waals surface area contributed by atoms with Crippen LogP contribution in [0.4, 0.5) is 26.0 Å². The molecule has 2 bridgehead atoms. The number of rotatable bonds is 8. The summed E-state index contributed by atoms with van der Waals surface area (Å²) in [6.07, 6.45) is 4.22. The predicted octanol–water partition coefficient (Wildman–Crippen LogP) is 4.11. The van der Waals surface area contributed by atoms with E-state index >= 15 is 0 Å². The number of morpholine rings is 1. The van der Waals surface area contributed by atoms with Crippen molar-refractivity contribution in [2.75, 3.05) is 48.0 Å². The molecular weight excluding hydrogens is 574 g/mol. The second-order valence-corrected chi connectivity index (χ2v) is 11.3. The van der Waals surface area contributed by atoms with E-state index in [9.17, 15) is 18.4 Å². The van der Waals surface area contributed by atoms with Crippen molar-refractivity contribution in [3.63, 3.8) is 0 Å². The van der Waals surface area contributed by atoms with Gasteiger partial charge in [0.1, 0.15) is 11.4 Å². The average molecular weight is 607 g/mol. The van der Waals surface area contributed by atoms with Crippen LogP contribution in [0.15, 0.2) is 48.9 Å². The lowest BCUT2D eigenvalue weighted by molar-refractivity contribution is 0.0526. The van der Waals surface area contributed by atoms with E-state index in [1.165, 1.54) is 21.6 Å². The van der Waals surface area contributed by atoms with Crippen molar-refractivity contribution in [3.05, 3.63) is 65.7 Å². The molecular formula is C30H32F2N8O4. The first kappa shape index (κ1) is 28.2. The number of aromatic nitrogens is 5. The van der Waals surface area contributed by atoms with E-state index in [-0.39, 0.29) is 35.4 Å². The lowest BCUT2D eigenvalue weighted by atomic mass is 10.0. The zero-order chi connectivity index (χ0) is 30.4. The number of fused-ring (bicyclic) bond motifs is 3. The minimum atomic E-state index is -2.87. The fourth-order valence-electron chi connectivity index (χ4n) is 6.31. The highest BCUT2D eigenvalue weighted by atomic mass is 19.3. The molecule has 0 spiro atoms. The van der Waals surface area contributed by atoms with Crippen LogP contribution in [0.3, 0.4) is 0 Å². The predicted molar refractivity (Wildman–Crippen MR) is 156 cm³/mol. The first-order chi connectivity index (χ1) is 21.4. The Morgan fingerprint density at radius 1 is 1.14 bits per heavy atom. The topological polar surface area (TPSA) is 119 Å². The van der Waals surface area contributed by atoms with Gasteiger partial charge in [-0.1, -0.05) is 0 Å².